The predicted octanol–water partition coefficient (Wildman–Crippen LogP) is 4.06. The van der Waals surface area contributed by atoms with Crippen LogP contribution in [-0.4, -0.2) is 14.5 Å². The Morgan fingerprint density at radius 1 is 1.20 bits per heavy atom. The first kappa shape index (κ1) is 19.4. The number of hydrogen-bond acceptors (Lipinski definition) is 6. The SMILES string of the molecule is C[C@H](Nc1nc(N)ncc1C#N)c1cc2cccc(Cl)c2c(=O)n1-c1ccccc1. The molecule has 3 N–H and O–H groups in total. The van der Waals surface area contributed by atoms with E-state index in [4.69, 9.17) is 17.3 Å². The van der Waals surface area contributed by atoms with Crippen molar-refractivity contribution < 1.29 is 0 Å². The van der Waals surface area contributed by atoms with E-state index in [-0.39, 0.29) is 23.1 Å². The Morgan fingerprint density at radius 2 is 1.97 bits per heavy atom. The van der Waals surface area contributed by atoms with Crippen LogP contribution in [-0.2, 0) is 0 Å². The Kier molecular flexibility index (Phi) is 5.09. The summed E-state index contributed by atoms with van der Waals surface area (Å²) < 4.78 is 1.61. The third-order valence-electron chi connectivity index (χ3n) is 4.76. The van der Waals surface area contributed by atoms with Crippen LogP contribution in [0.1, 0.15) is 24.2 Å². The molecule has 0 radical (unpaired) electrons. The van der Waals surface area contributed by atoms with E-state index in [1.54, 1.807) is 16.7 Å². The quantitative estimate of drug-likeness (QED) is 0.519. The van der Waals surface area contributed by atoms with Gasteiger partial charge in [-0.2, -0.15) is 10.2 Å². The van der Waals surface area contributed by atoms with Crippen LogP contribution in [0.15, 0.2) is 65.6 Å². The lowest BCUT2D eigenvalue weighted by atomic mass is 10.1. The Morgan fingerprint density at radius 3 is 2.70 bits per heavy atom. The van der Waals surface area contributed by atoms with Crippen molar-refractivity contribution >= 4 is 34.1 Å². The standard InChI is InChI=1S/C22H17ClN6O/c1-13(27-20-15(11-24)12-26-22(25)28-20)18-10-14-6-5-9-17(23)19(14)21(30)29(18)16-7-3-2-4-8-16/h2-10,12-13H,1H3,(H3,25,26,27,28)/t13-/m0/s1. The molecule has 8 heteroatoms. The molecule has 2 aromatic heterocycles. The second-order valence-electron chi connectivity index (χ2n) is 6.72. The summed E-state index contributed by atoms with van der Waals surface area (Å²) in [6, 6.07) is 18.2. The molecule has 7 nitrogen and oxygen atoms in total. The van der Waals surface area contributed by atoms with Gasteiger partial charge in [0.15, 0.2) is 0 Å². The predicted molar refractivity (Wildman–Crippen MR) is 118 cm³/mol. The topological polar surface area (TPSA) is 110 Å². The minimum atomic E-state index is -0.386. The van der Waals surface area contributed by atoms with Gasteiger partial charge < -0.3 is 11.1 Å². The minimum absolute atomic E-state index is 0.0504. The highest BCUT2D eigenvalue weighted by Crippen LogP contribution is 2.27. The Balaban J connectivity index is 1.93. The number of aromatic nitrogens is 3. The normalized spacial score (nSPS) is 11.8. The van der Waals surface area contributed by atoms with Crippen LogP contribution < -0.4 is 16.6 Å². The molecule has 30 heavy (non-hydrogen) atoms. The fraction of sp³-hybridized carbons (Fsp3) is 0.0909. The van der Waals surface area contributed by atoms with E-state index >= 15 is 0 Å². The first-order chi connectivity index (χ1) is 14.5. The number of nitriles is 1. The molecule has 0 amide bonds. The van der Waals surface area contributed by atoms with Crippen molar-refractivity contribution in [2.45, 2.75) is 13.0 Å². The second kappa shape index (κ2) is 7.85. The number of rotatable bonds is 4. The fourth-order valence-electron chi connectivity index (χ4n) is 3.37. The molecule has 1 atom stereocenters. The molecule has 0 unspecified atom stereocenters. The van der Waals surface area contributed by atoms with Crippen molar-refractivity contribution in [3.8, 4) is 11.8 Å². The van der Waals surface area contributed by atoms with Crippen LogP contribution in [0, 0.1) is 11.3 Å². The number of nitrogens with two attached hydrogens (primary N) is 1. The minimum Gasteiger partial charge on any atom is -0.368 e. The van der Waals surface area contributed by atoms with E-state index in [9.17, 15) is 10.1 Å². The summed E-state index contributed by atoms with van der Waals surface area (Å²) in [5, 5.41) is 14.1. The zero-order valence-electron chi connectivity index (χ0n) is 16.0. The molecule has 2 aromatic carbocycles. The number of pyridine rings is 1. The molecule has 0 spiro atoms. The lowest BCUT2D eigenvalue weighted by molar-refractivity contribution is 0.772. The highest BCUT2D eigenvalue weighted by atomic mass is 35.5. The molecule has 4 aromatic rings. The molecule has 0 fully saturated rings. The molecule has 2 heterocycles. The average Bonchev–Trinajstić information content (AvgIpc) is 2.74. The molecule has 0 saturated carbocycles. The molecular weight excluding hydrogens is 400 g/mol. The van der Waals surface area contributed by atoms with Crippen molar-refractivity contribution in [1.82, 2.24) is 14.5 Å². The van der Waals surface area contributed by atoms with Crippen LogP contribution >= 0.6 is 11.6 Å². The van der Waals surface area contributed by atoms with Crippen LogP contribution in [0.25, 0.3) is 16.5 Å². The van der Waals surface area contributed by atoms with Crippen molar-refractivity contribution in [2.24, 2.45) is 0 Å². The maximum absolute atomic E-state index is 13.5. The van der Waals surface area contributed by atoms with E-state index < -0.39 is 0 Å². The third-order valence-corrected chi connectivity index (χ3v) is 5.08. The Labute approximate surface area is 177 Å². The zero-order chi connectivity index (χ0) is 21.3. The highest BCUT2D eigenvalue weighted by molar-refractivity contribution is 6.35. The van der Waals surface area contributed by atoms with E-state index in [2.05, 4.69) is 15.3 Å². The summed E-state index contributed by atoms with van der Waals surface area (Å²) in [5.41, 5.74) is 7.11. The number of anilines is 2. The number of nitrogens with zero attached hydrogens (tertiary/aromatic N) is 4. The summed E-state index contributed by atoms with van der Waals surface area (Å²) in [4.78, 5) is 21.4. The molecular formula is C22H17ClN6O. The molecule has 0 aliphatic rings. The number of hydrogen-bond donors (Lipinski definition) is 2. The number of nitrogens with one attached hydrogen (secondary N) is 1. The Bertz CT molecular complexity index is 1340. The highest BCUT2D eigenvalue weighted by Gasteiger charge is 2.19. The molecule has 0 saturated heterocycles. The van der Waals surface area contributed by atoms with Gasteiger partial charge in [-0.05, 0) is 36.6 Å². The van der Waals surface area contributed by atoms with Gasteiger partial charge in [-0.3, -0.25) is 9.36 Å². The van der Waals surface area contributed by atoms with Crippen molar-refractivity contribution in [2.75, 3.05) is 11.1 Å². The maximum atomic E-state index is 13.5. The van der Waals surface area contributed by atoms with Gasteiger partial charge in [0.2, 0.25) is 5.95 Å². The first-order valence-electron chi connectivity index (χ1n) is 9.18. The lowest BCUT2D eigenvalue weighted by Gasteiger charge is -2.22. The number of fused-ring (bicyclic) bond motifs is 1. The largest absolute Gasteiger partial charge is 0.368 e. The lowest BCUT2D eigenvalue weighted by Crippen LogP contribution is -2.26. The van der Waals surface area contributed by atoms with Gasteiger partial charge in [-0.15, -0.1) is 0 Å². The van der Waals surface area contributed by atoms with Gasteiger partial charge in [-0.1, -0.05) is 41.9 Å². The Hall–Kier alpha value is -3.89. The van der Waals surface area contributed by atoms with Crippen LogP contribution in [0.5, 0.6) is 0 Å². The van der Waals surface area contributed by atoms with Crippen LogP contribution in [0.4, 0.5) is 11.8 Å². The average molecular weight is 417 g/mol. The monoisotopic (exact) mass is 416 g/mol. The smallest absolute Gasteiger partial charge is 0.264 e. The molecule has 0 bridgehead atoms. The van der Waals surface area contributed by atoms with E-state index in [1.165, 1.54) is 6.20 Å². The number of halogens is 1. The number of nitrogen functional groups attached to an aromatic ring is 1. The van der Waals surface area contributed by atoms with E-state index in [0.717, 1.165) is 5.39 Å². The van der Waals surface area contributed by atoms with E-state index in [1.807, 2.05) is 55.5 Å². The molecule has 0 aliphatic carbocycles. The van der Waals surface area contributed by atoms with Gasteiger partial charge in [-0.25, -0.2) is 4.98 Å². The third kappa shape index (κ3) is 3.45. The summed E-state index contributed by atoms with van der Waals surface area (Å²) in [7, 11) is 0. The van der Waals surface area contributed by atoms with Crippen LogP contribution in [0.2, 0.25) is 5.02 Å². The maximum Gasteiger partial charge on any atom is 0.264 e. The first-order valence-corrected chi connectivity index (χ1v) is 9.56. The summed E-state index contributed by atoms with van der Waals surface area (Å²) in [5.74, 6) is 0.352. The van der Waals surface area contributed by atoms with Gasteiger partial charge in [0.25, 0.3) is 5.56 Å². The molecule has 4 rings (SSSR count). The molecule has 0 aliphatic heterocycles. The number of para-hydroxylation sites is 1. The summed E-state index contributed by atoms with van der Waals surface area (Å²) >= 11 is 6.34. The van der Waals surface area contributed by atoms with Crippen LogP contribution in [0.3, 0.4) is 0 Å². The molecule has 148 valence electrons. The van der Waals surface area contributed by atoms with Gasteiger partial charge in [0.05, 0.1) is 22.6 Å². The van der Waals surface area contributed by atoms with Crippen molar-refractivity contribution in [3.63, 3.8) is 0 Å². The van der Waals surface area contributed by atoms with Crippen molar-refractivity contribution in [3.05, 3.63) is 87.4 Å². The van der Waals surface area contributed by atoms with E-state index in [0.29, 0.717) is 27.6 Å². The van der Waals surface area contributed by atoms with Gasteiger partial charge >= 0.3 is 0 Å². The summed E-state index contributed by atoms with van der Waals surface area (Å²) in [6.07, 6.45) is 1.36. The van der Waals surface area contributed by atoms with Gasteiger partial charge in [0, 0.05) is 11.4 Å². The zero-order valence-corrected chi connectivity index (χ0v) is 16.8. The van der Waals surface area contributed by atoms with Crippen molar-refractivity contribution in [1.29, 1.82) is 5.26 Å². The number of benzene rings is 2. The fourth-order valence-corrected chi connectivity index (χ4v) is 3.63. The van der Waals surface area contributed by atoms with Gasteiger partial charge in [0.1, 0.15) is 17.5 Å². The second-order valence-corrected chi connectivity index (χ2v) is 7.12. The summed E-state index contributed by atoms with van der Waals surface area (Å²) in [6.45, 7) is 1.88.